The second kappa shape index (κ2) is 7.82. The lowest BCUT2D eigenvalue weighted by molar-refractivity contribution is 0.443. The molecule has 2 heteroatoms. The first kappa shape index (κ1) is 19.9. The fourth-order valence-corrected chi connectivity index (χ4v) is 5.53. The normalized spacial score (nSPS) is 18.7. The van der Waals surface area contributed by atoms with Gasteiger partial charge in [-0.15, -0.1) is 6.58 Å². The quantitative estimate of drug-likeness (QED) is 0.426. The van der Waals surface area contributed by atoms with Crippen molar-refractivity contribution in [3.8, 4) is 0 Å². The zero-order valence-electron chi connectivity index (χ0n) is 18.3. The first-order valence-electron chi connectivity index (χ1n) is 11.1. The van der Waals surface area contributed by atoms with Crippen LogP contribution in [-0.4, -0.2) is 11.5 Å². The molecule has 0 bridgehead atoms. The van der Waals surface area contributed by atoms with E-state index >= 15 is 0 Å². The molecule has 1 fully saturated rings. The van der Waals surface area contributed by atoms with Gasteiger partial charge in [0, 0.05) is 29.2 Å². The van der Waals surface area contributed by atoms with Gasteiger partial charge >= 0.3 is 0 Å². The van der Waals surface area contributed by atoms with Gasteiger partial charge in [-0.2, -0.15) is 0 Å². The predicted molar refractivity (Wildman–Crippen MR) is 125 cm³/mol. The molecule has 1 aromatic carbocycles. The van der Waals surface area contributed by atoms with Gasteiger partial charge in [0.25, 0.3) is 0 Å². The number of nitrogens with zero attached hydrogens (tertiary/aromatic N) is 1. The van der Waals surface area contributed by atoms with E-state index in [-0.39, 0.29) is 5.41 Å². The third-order valence-corrected chi connectivity index (χ3v) is 6.98. The molecular formula is C27H34N2. The van der Waals surface area contributed by atoms with Gasteiger partial charge in [-0.1, -0.05) is 57.9 Å². The molecule has 29 heavy (non-hydrogen) atoms. The molecule has 0 radical (unpaired) electrons. The lowest BCUT2D eigenvalue weighted by atomic mass is 9.67. The second-order valence-electron chi connectivity index (χ2n) is 9.27. The lowest BCUT2D eigenvalue weighted by Crippen LogP contribution is -2.31. The number of nitrogens with one attached hydrogen (secondary N) is 1. The van der Waals surface area contributed by atoms with Crippen LogP contribution in [0.1, 0.15) is 82.0 Å². The summed E-state index contributed by atoms with van der Waals surface area (Å²) in [6.07, 6.45) is 11.6. The van der Waals surface area contributed by atoms with Crippen molar-refractivity contribution in [3.05, 3.63) is 71.7 Å². The first-order chi connectivity index (χ1) is 13.9. The Morgan fingerprint density at radius 1 is 1.24 bits per heavy atom. The van der Waals surface area contributed by atoms with Crippen LogP contribution in [0.25, 0.3) is 16.3 Å². The monoisotopic (exact) mass is 386 g/mol. The molecule has 0 amide bonds. The summed E-state index contributed by atoms with van der Waals surface area (Å²) in [5.74, 6) is 0.696. The van der Waals surface area contributed by atoms with Crippen molar-refractivity contribution in [2.75, 3.05) is 6.54 Å². The molecule has 1 heterocycles. The Hall–Kier alpha value is -2.35. The van der Waals surface area contributed by atoms with E-state index in [1.54, 1.807) is 0 Å². The van der Waals surface area contributed by atoms with Gasteiger partial charge in [-0.3, -0.25) is 4.98 Å². The van der Waals surface area contributed by atoms with Crippen LogP contribution in [0.5, 0.6) is 0 Å². The van der Waals surface area contributed by atoms with Gasteiger partial charge in [-0.05, 0) is 65.8 Å². The summed E-state index contributed by atoms with van der Waals surface area (Å²) >= 11 is 0. The number of rotatable bonds is 6. The van der Waals surface area contributed by atoms with E-state index in [2.05, 4.69) is 57.4 Å². The van der Waals surface area contributed by atoms with E-state index in [1.807, 2.05) is 12.3 Å². The third-order valence-electron chi connectivity index (χ3n) is 6.98. The lowest BCUT2D eigenvalue weighted by Gasteiger charge is -2.38. The molecule has 2 nitrogen and oxygen atoms in total. The number of allylic oxidation sites excluding steroid dienone is 2. The van der Waals surface area contributed by atoms with Crippen molar-refractivity contribution < 1.29 is 0 Å². The maximum Gasteiger partial charge on any atom is 0.0744 e. The van der Waals surface area contributed by atoms with E-state index in [9.17, 15) is 0 Å². The van der Waals surface area contributed by atoms with Crippen molar-refractivity contribution in [1.82, 2.24) is 10.3 Å². The average molecular weight is 387 g/mol. The van der Waals surface area contributed by atoms with Crippen molar-refractivity contribution in [3.63, 3.8) is 0 Å². The standard InChI is InChI=1S/C27H34N2/c1-6-7-14-28-19(3)25-18(2)26-24-21(13-15-29-26)16-22(17-23(24)27(25,4)5)20-11-9-8-10-12-20/h6,13,15-17,20,28H,1,3,7-12,14H2,2,4-5H3. The van der Waals surface area contributed by atoms with Gasteiger partial charge in [0.15, 0.2) is 0 Å². The van der Waals surface area contributed by atoms with Gasteiger partial charge < -0.3 is 5.32 Å². The van der Waals surface area contributed by atoms with Crippen LogP contribution >= 0.6 is 0 Å². The summed E-state index contributed by atoms with van der Waals surface area (Å²) in [4.78, 5) is 4.81. The van der Waals surface area contributed by atoms with Crippen LogP contribution in [0, 0.1) is 0 Å². The Kier molecular flexibility index (Phi) is 5.38. The highest BCUT2D eigenvalue weighted by Gasteiger charge is 2.37. The van der Waals surface area contributed by atoms with Crippen LogP contribution in [0.15, 0.2) is 54.9 Å². The summed E-state index contributed by atoms with van der Waals surface area (Å²) in [6, 6.07) is 7.12. The number of hydrogen-bond donors (Lipinski definition) is 1. The topological polar surface area (TPSA) is 24.9 Å². The molecule has 0 atom stereocenters. The molecule has 4 rings (SSSR count). The molecule has 2 aliphatic rings. The number of aromatic nitrogens is 1. The smallest absolute Gasteiger partial charge is 0.0744 e. The van der Waals surface area contributed by atoms with E-state index in [1.165, 1.54) is 65.1 Å². The van der Waals surface area contributed by atoms with Crippen molar-refractivity contribution in [2.45, 2.75) is 70.6 Å². The Balaban J connectivity index is 1.85. The fraction of sp³-hybridized carbons (Fsp3) is 0.444. The molecule has 2 aliphatic carbocycles. The minimum Gasteiger partial charge on any atom is -0.385 e. The SMILES string of the molecule is C=CCCNC(=C)C1=C(C)c2nccc3cc(C4CCCCC4)cc(c23)C1(C)C. The highest BCUT2D eigenvalue weighted by Crippen LogP contribution is 2.49. The Labute approximate surface area is 175 Å². The zero-order chi connectivity index (χ0) is 20.6. The summed E-state index contributed by atoms with van der Waals surface area (Å²) in [7, 11) is 0. The van der Waals surface area contributed by atoms with E-state index in [4.69, 9.17) is 4.98 Å². The summed E-state index contributed by atoms with van der Waals surface area (Å²) in [5.41, 5.74) is 7.48. The maximum absolute atomic E-state index is 4.81. The van der Waals surface area contributed by atoms with Gasteiger partial charge in [0.05, 0.1) is 5.69 Å². The number of hydrogen-bond acceptors (Lipinski definition) is 2. The Morgan fingerprint density at radius 3 is 2.72 bits per heavy atom. The van der Waals surface area contributed by atoms with Crippen molar-refractivity contribution in [1.29, 1.82) is 0 Å². The highest BCUT2D eigenvalue weighted by atomic mass is 14.9. The van der Waals surface area contributed by atoms with Crippen molar-refractivity contribution in [2.24, 2.45) is 0 Å². The van der Waals surface area contributed by atoms with E-state index in [0.717, 1.165) is 24.4 Å². The molecule has 1 saturated carbocycles. The maximum atomic E-state index is 4.81. The Bertz CT molecular complexity index is 987. The zero-order valence-corrected chi connectivity index (χ0v) is 18.3. The summed E-state index contributed by atoms with van der Waals surface area (Å²) in [5, 5.41) is 6.20. The number of pyridine rings is 1. The molecule has 1 N–H and O–H groups in total. The second-order valence-corrected chi connectivity index (χ2v) is 9.27. The molecular weight excluding hydrogens is 352 g/mol. The van der Waals surface area contributed by atoms with Crippen LogP contribution < -0.4 is 5.32 Å². The fourth-order valence-electron chi connectivity index (χ4n) is 5.53. The van der Waals surface area contributed by atoms with Gasteiger partial charge in [-0.25, -0.2) is 0 Å². The molecule has 2 aromatic rings. The van der Waals surface area contributed by atoms with Crippen LogP contribution in [0.3, 0.4) is 0 Å². The molecule has 0 saturated heterocycles. The molecule has 152 valence electrons. The van der Waals surface area contributed by atoms with Gasteiger partial charge in [0.1, 0.15) is 0 Å². The van der Waals surface area contributed by atoms with Crippen LogP contribution in [0.2, 0.25) is 0 Å². The molecule has 1 aromatic heterocycles. The van der Waals surface area contributed by atoms with Crippen LogP contribution in [0.4, 0.5) is 0 Å². The molecule has 0 aliphatic heterocycles. The summed E-state index contributed by atoms with van der Waals surface area (Å²) in [6.45, 7) is 16.0. The van der Waals surface area contributed by atoms with Crippen molar-refractivity contribution >= 4 is 16.3 Å². The molecule has 0 unspecified atom stereocenters. The summed E-state index contributed by atoms with van der Waals surface area (Å²) < 4.78 is 0. The largest absolute Gasteiger partial charge is 0.385 e. The minimum atomic E-state index is -0.110. The number of benzene rings is 1. The third kappa shape index (κ3) is 3.43. The first-order valence-corrected chi connectivity index (χ1v) is 11.1. The average Bonchev–Trinajstić information content (AvgIpc) is 2.72. The van der Waals surface area contributed by atoms with Crippen LogP contribution in [-0.2, 0) is 5.41 Å². The van der Waals surface area contributed by atoms with E-state index in [0.29, 0.717) is 5.92 Å². The Morgan fingerprint density at radius 2 is 2.00 bits per heavy atom. The molecule has 0 spiro atoms. The predicted octanol–water partition coefficient (Wildman–Crippen LogP) is 7.03. The highest BCUT2D eigenvalue weighted by molar-refractivity contribution is 6.00. The van der Waals surface area contributed by atoms with Gasteiger partial charge in [0.2, 0.25) is 0 Å². The van der Waals surface area contributed by atoms with E-state index < -0.39 is 0 Å². The minimum absolute atomic E-state index is 0.110.